The summed E-state index contributed by atoms with van der Waals surface area (Å²) >= 11 is 0. The molecule has 1 unspecified atom stereocenters. The number of hydrogen-bond donors (Lipinski definition) is 0. The van der Waals surface area contributed by atoms with E-state index in [0.717, 1.165) is 135 Å². The van der Waals surface area contributed by atoms with Crippen LogP contribution in [0, 0.1) is 0 Å². The second kappa shape index (κ2) is 56.1. The van der Waals surface area contributed by atoms with E-state index in [1.165, 1.54) is 51.4 Å². The van der Waals surface area contributed by atoms with E-state index in [0.29, 0.717) is 12.8 Å². The van der Waals surface area contributed by atoms with E-state index in [1.807, 2.05) is 24.3 Å². The van der Waals surface area contributed by atoms with Gasteiger partial charge in [-0.25, -0.2) is 0 Å². The first-order valence-corrected chi connectivity index (χ1v) is 27.8. The van der Waals surface area contributed by atoms with Gasteiger partial charge in [0, 0.05) is 19.3 Å². The molecule has 0 aromatic heterocycles. The van der Waals surface area contributed by atoms with Crippen molar-refractivity contribution in [1.29, 1.82) is 0 Å². The summed E-state index contributed by atoms with van der Waals surface area (Å²) in [6, 6.07) is 0. The molecule has 0 aliphatic carbocycles. The Labute approximate surface area is 424 Å². The highest BCUT2D eigenvalue weighted by atomic mass is 16.6. The number of rotatable bonds is 48. The fraction of sp³-hybridized carbons (Fsp3) is 0.603. The molecule has 0 N–H and O–H groups in total. The number of carbonyl (C=O) groups excluding carboxylic acids is 3. The number of esters is 3. The van der Waals surface area contributed by atoms with Crippen LogP contribution < -0.4 is 0 Å². The highest BCUT2D eigenvalue weighted by molar-refractivity contribution is 5.71. The minimum Gasteiger partial charge on any atom is -0.462 e. The largest absolute Gasteiger partial charge is 0.462 e. The van der Waals surface area contributed by atoms with Gasteiger partial charge in [-0.2, -0.15) is 0 Å². The highest BCUT2D eigenvalue weighted by Gasteiger charge is 2.19. The smallest absolute Gasteiger partial charge is 0.306 e. The number of hydrogen-bond acceptors (Lipinski definition) is 6. The van der Waals surface area contributed by atoms with E-state index in [2.05, 4.69) is 130 Å². The van der Waals surface area contributed by atoms with Crippen molar-refractivity contribution in [3.8, 4) is 0 Å². The average Bonchev–Trinajstić information content (AvgIpc) is 3.35. The molecule has 0 radical (unpaired) electrons. The van der Waals surface area contributed by atoms with Crippen LogP contribution in [0.1, 0.15) is 226 Å². The van der Waals surface area contributed by atoms with Crippen LogP contribution in [0.5, 0.6) is 0 Å². The molecule has 0 aromatic carbocycles. The lowest BCUT2D eigenvalue weighted by Crippen LogP contribution is -2.30. The summed E-state index contributed by atoms with van der Waals surface area (Å²) in [5.74, 6) is -0.981. The Morgan fingerprint density at radius 1 is 0.304 bits per heavy atom. The van der Waals surface area contributed by atoms with Crippen LogP contribution in [0.2, 0.25) is 0 Å². The summed E-state index contributed by atoms with van der Waals surface area (Å²) in [5.41, 5.74) is 0. The monoisotopic (exact) mass is 953 g/mol. The van der Waals surface area contributed by atoms with E-state index < -0.39 is 6.10 Å². The maximum atomic E-state index is 12.8. The van der Waals surface area contributed by atoms with E-state index in [4.69, 9.17) is 14.2 Å². The molecule has 69 heavy (non-hydrogen) atoms. The molecule has 0 fully saturated rings. The van der Waals surface area contributed by atoms with Gasteiger partial charge in [0.05, 0.1) is 0 Å². The zero-order chi connectivity index (χ0) is 50.0. The predicted octanol–water partition coefficient (Wildman–Crippen LogP) is 18.6. The third-order valence-corrected chi connectivity index (χ3v) is 11.4. The van der Waals surface area contributed by atoms with Crippen molar-refractivity contribution in [3.63, 3.8) is 0 Å². The molecule has 0 aliphatic rings. The van der Waals surface area contributed by atoms with Gasteiger partial charge in [0.2, 0.25) is 0 Å². The normalized spacial score (nSPS) is 13.1. The summed E-state index contributed by atoms with van der Waals surface area (Å²) in [6.07, 6.45) is 78.5. The van der Waals surface area contributed by atoms with Crippen LogP contribution in [0.3, 0.4) is 0 Å². The molecular weight excluding hydrogens is 853 g/mol. The van der Waals surface area contributed by atoms with Gasteiger partial charge in [0.25, 0.3) is 0 Å². The third-order valence-electron chi connectivity index (χ3n) is 11.4. The lowest BCUT2D eigenvalue weighted by Gasteiger charge is -2.18. The number of carbonyl (C=O) groups is 3. The molecule has 6 nitrogen and oxygen atoms in total. The van der Waals surface area contributed by atoms with Crippen LogP contribution in [0.25, 0.3) is 0 Å². The summed E-state index contributed by atoms with van der Waals surface area (Å²) in [6.45, 7) is 6.38. The molecular formula is C63H100O6. The minimum absolute atomic E-state index is 0.112. The molecule has 388 valence electrons. The van der Waals surface area contributed by atoms with Crippen LogP contribution in [0.4, 0.5) is 0 Å². The fourth-order valence-electron chi connectivity index (χ4n) is 7.17. The molecule has 0 aromatic rings. The van der Waals surface area contributed by atoms with Crippen LogP contribution in [-0.4, -0.2) is 37.2 Å². The Morgan fingerprint density at radius 2 is 0.565 bits per heavy atom. The van der Waals surface area contributed by atoms with Crippen molar-refractivity contribution in [2.24, 2.45) is 0 Å². The molecule has 6 heteroatoms. The fourth-order valence-corrected chi connectivity index (χ4v) is 7.17. The zero-order valence-electron chi connectivity index (χ0n) is 44.3. The van der Waals surface area contributed by atoms with Gasteiger partial charge >= 0.3 is 17.9 Å². The Balaban J connectivity index is 4.55. The Bertz CT molecular complexity index is 1510. The van der Waals surface area contributed by atoms with Gasteiger partial charge in [-0.05, 0) is 89.9 Å². The van der Waals surface area contributed by atoms with Crippen molar-refractivity contribution < 1.29 is 28.6 Å². The lowest BCUT2D eigenvalue weighted by molar-refractivity contribution is -0.167. The van der Waals surface area contributed by atoms with Crippen LogP contribution in [-0.2, 0) is 28.6 Å². The van der Waals surface area contributed by atoms with Crippen molar-refractivity contribution >= 4 is 17.9 Å². The summed E-state index contributed by atoms with van der Waals surface area (Å²) in [5, 5.41) is 0. The van der Waals surface area contributed by atoms with Crippen molar-refractivity contribution in [2.45, 2.75) is 232 Å². The maximum absolute atomic E-state index is 12.8. The molecule has 1 atom stereocenters. The van der Waals surface area contributed by atoms with Crippen molar-refractivity contribution in [3.05, 3.63) is 134 Å². The third kappa shape index (κ3) is 54.4. The maximum Gasteiger partial charge on any atom is 0.306 e. The summed E-state index contributed by atoms with van der Waals surface area (Å²) < 4.78 is 16.8. The second-order valence-electron chi connectivity index (χ2n) is 18.0. The summed E-state index contributed by atoms with van der Waals surface area (Å²) in [7, 11) is 0. The predicted molar refractivity (Wildman–Crippen MR) is 297 cm³/mol. The molecule has 0 aliphatic heterocycles. The van der Waals surface area contributed by atoms with E-state index in [9.17, 15) is 14.4 Å². The molecule has 0 bridgehead atoms. The minimum atomic E-state index is -0.815. The van der Waals surface area contributed by atoms with Crippen LogP contribution in [0.15, 0.2) is 134 Å². The molecule has 0 saturated heterocycles. The Kier molecular flexibility index (Phi) is 52.5. The van der Waals surface area contributed by atoms with Gasteiger partial charge < -0.3 is 14.2 Å². The molecule has 0 heterocycles. The summed E-state index contributed by atoms with van der Waals surface area (Å²) in [4.78, 5) is 38.1. The quantitative estimate of drug-likeness (QED) is 0.0262. The van der Waals surface area contributed by atoms with Gasteiger partial charge in [-0.1, -0.05) is 251 Å². The first kappa shape index (κ1) is 64.5. The van der Waals surface area contributed by atoms with Crippen molar-refractivity contribution in [2.75, 3.05) is 13.2 Å². The molecule has 0 saturated carbocycles. The Hall–Kier alpha value is -4.45. The molecule has 0 spiro atoms. The molecule has 0 amide bonds. The highest BCUT2D eigenvalue weighted by Crippen LogP contribution is 2.13. The first-order valence-electron chi connectivity index (χ1n) is 27.8. The Morgan fingerprint density at radius 3 is 0.913 bits per heavy atom. The zero-order valence-corrected chi connectivity index (χ0v) is 44.3. The van der Waals surface area contributed by atoms with Crippen molar-refractivity contribution in [1.82, 2.24) is 0 Å². The number of allylic oxidation sites excluding steroid dienone is 22. The van der Waals surface area contributed by atoms with Gasteiger partial charge in [-0.3, -0.25) is 14.4 Å². The van der Waals surface area contributed by atoms with Gasteiger partial charge in [-0.15, -0.1) is 0 Å². The average molecular weight is 953 g/mol. The number of ether oxygens (including phenoxy) is 3. The van der Waals surface area contributed by atoms with Gasteiger partial charge in [0.1, 0.15) is 13.2 Å². The number of unbranched alkanes of at least 4 members (excludes halogenated alkanes) is 23. The van der Waals surface area contributed by atoms with Gasteiger partial charge in [0.15, 0.2) is 6.10 Å². The van der Waals surface area contributed by atoms with E-state index >= 15 is 0 Å². The lowest BCUT2D eigenvalue weighted by atomic mass is 10.1. The first-order chi connectivity index (χ1) is 34.0. The topological polar surface area (TPSA) is 78.9 Å². The van der Waals surface area contributed by atoms with E-state index in [-0.39, 0.29) is 37.5 Å². The second-order valence-corrected chi connectivity index (χ2v) is 18.0. The van der Waals surface area contributed by atoms with Crippen LogP contribution >= 0.6 is 0 Å². The standard InChI is InChI=1S/C63H100O6/c1-4-7-10-13-16-19-22-25-28-30-32-35-38-41-44-47-50-53-56-62(65)68-59-60(58-67-61(64)55-52-49-46-43-40-37-34-27-24-21-18-15-12-9-6-3)69-63(66)57-54-51-48-45-42-39-36-33-31-29-26-23-20-17-14-11-8-5-2/h9,12,15-16,18-19,21-36,60H,4-8,10-11,13-14,17,20,37-59H2,1-3H3/b12-9-,18-15-,19-16-,24-21-,25-22-,26-23-,30-28-,31-29-,34-27-,35-32-,36-33-. The van der Waals surface area contributed by atoms with E-state index in [1.54, 1.807) is 0 Å². The molecule has 0 rings (SSSR count). The SMILES string of the molecule is CC\C=C/C=C\C=C/C=C\CCCCCCCC(=O)OCC(COC(=O)CCCCCCC\C=C/C=C\C=C/C=C\CCCCC)OC(=O)CCCCCCC\C=C/C=C\C=C/CCCCCCC.